The SMILES string of the molecule is Cc1nnc(NC(=O)[C@H]2CC(=O)N(c3ccc4c(c3)OCO4)C2)s1. The Morgan fingerprint density at radius 3 is 2.96 bits per heavy atom. The molecular weight excluding hydrogens is 332 g/mol. The summed E-state index contributed by atoms with van der Waals surface area (Å²) in [6.07, 6.45) is 0.165. The second-order valence-corrected chi connectivity index (χ2v) is 6.74. The van der Waals surface area contributed by atoms with Crippen LogP contribution in [0.1, 0.15) is 11.4 Å². The highest BCUT2D eigenvalue weighted by Gasteiger charge is 2.36. The number of benzene rings is 1. The van der Waals surface area contributed by atoms with Crippen LogP contribution in [0.4, 0.5) is 10.8 Å². The molecule has 0 aliphatic carbocycles. The van der Waals surface area contributed by atoms with Crippen LogP contribution < -0.4 is 19.7 Å². The van der Waals surface area contributed by atoms with Crippen molar-refractivity contribution in [2.24, 2.45) is 5.92 Å². The third-order valence-corrected chi connectivity index (χ3v) is 4.67. The molecule has 24 heavy (non-hydrogen) atoms. The van der Waals surface area contributed by atoms with Crippen molar-refractivity contribution in [1.29, 1.82) is 0 Å². The summed E-state index contributed by atoms with van der Waals surface area (Å²) in [4.78, 5) is 26.2. The number of nitrogens with zero attached hydrogens (tertiary/aromatic N) is 3. The lowest BCUT2D eigenvalue weighted by atomic mass is 10.1. The summed E-state index contributed by atoms with van der Waals surface area (Å²) in [6, 6.07) is 5.32. The van der Waals surface area contributed by atoms with Crippen LogP contribution in [0.2, 0.25) is 0 Å². The molecule has 0 spiro atoms. The van der Waals surface area contributed by atoms with Crippen molar-refractivity contribution >= 4 is 34.0 Å². The minimum atomic E-state index is -0.424. The molecule has 1 atom stereocenters. The maximum atomic E-state index is 12.3. The van der Waals surface area contributed by atoms with Crippen LogP contribution in [0.5, 0.6) is 11.5 Å². The number of aryl methyl sites for hydroxylation is 1. The molecule has 2 aromatic rings. The molecular formula is C15H14N4O4S. The first-order chi connectivity index (χ1) is 11.6. The molecule has 124 valence electrons. The number of fused-ring (bicyclic) bond motifs is 1. The van der Waals surface area contributed by atoms with E-state index in [9.17, 15) is 9.59 Å². The normalized spacial score (nSPS) is 19.0. The largest absolute Gasteiger partial charge is 0.454 e. The van der Waals surface area contributed by atoms with Crippen molar-refractivity contribution in [2.75, 3.05) is 23.6 Å². The molecule has 1 aromatic carbocycles. The molecule has 0 unspecified atom stereocenters. The van der Waals surface area contributed by atoms with Crippen molar-refractivity contribution in [2.45, 2.75) is 13.3 Å². The van der Waals surface area contributed by atoms with E-state index in [0.717, 1.165) is 5.01 Å². The third kappa shape index (κ3) is 2.67. The summed E-state index contributed by atoms with van der Waals surface area (Å²) in [5.41, 5.74) is 0.700. The Morgan fingerprint density at radius 2 is 2.17 bits per heavy atom. The summed E-state index contributed by atoms with van der Waals surface area (Å²) < 4.78 is 10.6. The van der Waals surface area contributed by atoms with Crippen LogP contribution in [0.3, 0.4) is 0 Å². The van der Waals surface area contributed by atoms with Gasteiger partial charge in [-0.05, 0) is 19.1 Å². The summed E-state index contributed by atoms with van der Waals surface area (Å²) in [7, 11) is 0. The van der Waals surface area contributed by atoms with Crippen molar-refractivity contribution in [3.05, 3.63) is 23.2 Å². The molecule has 1 N–H and O–H groups in total. The summed E-state index contributed by atoms with van der Waals surface area (Å²) in [5, 5.41) is 11.7. The van der Waals surface area contributed by atoms with Gasteiger partial charge in [0.25, 0.3) is 0 Å². The number of hydrogen-bond donors (Lipinski definition) is 1. The lowest BCUT2D eigenvalue weighted by molar-refractivity contribution is -0.122. The Hall–Kier alpha value is -2.68. The van der Waals surface area contributed by atoms with Gasteiger partial charge in [0.2, 0.25) is 23.7 Å². The molecule has 2 aliphatic heterocycles. The van der Waals surface area contributed by atoms with Crippen molar-refractivity contribution in [3.63, 3.8) is 0 Å². The molecule has 8 nitrogen and oxygen atoms in total. The van der Waals surface area contributed by atoms with E-state index in [-0.39, 0.29) is 25.0 Å². The number of amides is 2. The monoisotopic (exact) mass is 346 g/mol. The minimum absolute atomic E-state index is 0.0949. The van der Waals surface area contributed by atoms with Crippen LogP contribution in [0.25, 0.3) is 0 Å². The second-order valence-electron chi connectivity index (χ2n) is 5.56. The predicted octanol–water partition coefficient (Wildman–Crippen LogP) is 1.57. The van der Waals surface area contributed by atoms with Gasteiger partial charge < -0.3 is 19.7 Å². The van der Waals surface area contributed by atoms with Gasteiger partial charge in [0.1, 0.15) is 5.01 Å². The van der Waals surface area contributed by atoms with Crippen molar-refractivity contribution in [1.82, 2.24) is 10.2 Å². The molecule has 0 saturated carbocycles. The van der Waals surface area contributed by atoms with Gasteiger partial charge >= 0.3 is 0 Å². The Labute approximate surface area is 141 Å². The molecule has 2 aliphatic rings. The Kier molecular flexibility index (Phi) is 3.57. The molecule has 0 bridgehead atoms. The third-order valence-electron chi connectivity index (χ3n) is 3.92. The summed E-state index contributed by atoms with van der Waals surface area (Å²) in [5.74, 6) is 0.529. The number of nitrogens with one attached hydrogen (secondary N) is 1. The fourth-order valence-corrected chi connectivity index (χ4v) is 3.34. The van der Waals surface area contributed by atoms with Crippen LogP contribution in [0, 0.1) is 12.8 Å². The van der Waals surface area contributed by atoms with Crippen LogP contribution in [-0.4, -0.2) is 35.3 Å². The van der Waals surface area contributed by atoms with Crippen LogP contribution >= 0.6 is 11.3 Å². The van der Waals surface area contributed by atoms with Crippen LogP contribution in [-0.2, 0) is 9.59 Å². The van der Waals surface area contributed by atoms with Gasteiger partial charge in [-0.15, -0.1) is 10.2 Å². The average Bonchev–Trinajstić information content (AvgIpc) is 3.26. The Bertz CT molecular complexity index is 822. The summed E-state index contributed by atoms with van der Waals surface area (Å²) in [6.45, 7) is 2.31. The molecule has 1 aromatic heterocycles. The van der Waals surface area contributed by atoms with Gasteiger partial charge in [-0.25, -0.2) is 0 Å². The highest BCUT2D eigenvalue weighted by molar-refractivity contribution is 7.15. The topological polar surface area (TPSA) is 93.7 Å². The Morgan fingerprint density at radius 1 is 1.33 bits per heavy atom. The highest BCUT2D eigenvalue weighted by Crippen LogP contribution is 2.37. The van der Waals surface area contributed by atoms with Gasteiger partial charge in [0, 0.05) is 24.7 Å². The van der Waals surface area contributed by atoms with E-state index in [1.54, 1.807) is 23.1 Å². The van der Waals surface area contributed by atoms with E-state index in [1.807, 2.05) is 6.92 Å². The number of rotatable bonds is 3. The maximum absolute atomic E-state index is 12.3. The smallest absolute Gasteiger partial charge is 0.231 e. The standard InChI is InChI=1S/C15H14N4O4S/c1-8-17-18-15(24-8)16-14(21)9-4-13(20)19(6-9)10-2-3-11-12(5-10)23-7-22-11/h2-3,5,9H,4,6-7H2,1H3,(H,16,18,21)/t9-/m0/s1. The molecule has 1 saturated heterocycles. The number of hydrogen-bond acceptors (Lipinski definition) is 7. The van der Waals surface area contributed by atoms with E-state index in [4.69, 9.17) is 9.47 Å². The van der Waals surface area contributed by atoms with E-state index in [2.05, 4.69) is 15.5 Å². The van der Waals surface area contributed by atoms with Gasteiger partial charge in [-0.2, -0.15) is 0 Å². The lowest BCUT2D eigenvalue weighted by Gasteiger charge is -2.16. The van der Waals surface area contributed by atoms with Gasteiger partial charge in [-0.1, -0.05) is 11.3 Å². The van der Waals surface area contributed by atoms with E-state index in [1.165, 1.54) is 11.3 Å². The number of carbonyl (C=O) groups excluding carboxylic acids is 2. The molecule has 1 fully saturated rings. The Balaban J connectivity index is 1.47. The minimum Gasteiger partial charge on any atom is -0.454 e. The average molecular weight is 346 g/mol. The molecule has 9 heteroatoms. The fourth-order valence-electron chi connectivity index (χ4n) is 2.74. The molecule has 2 amide bonds. The van der Waals surface area contributed by atoms with E-state index in [0.29, 0.717) is 28.9 Å². The number of aromatic nitrogens is 2. The highest BCUT2D eigenvalue weighted by atomic mass is 32.1. The number of ether oxygens (including phenoxy) is 2. The zero-order valence-corrected chi connectivity index (χ0v) is 13.6. The zero-order chi connectivity index (χ0) is 16.7. The predicted molar refractivity (Wildman–Crippen MR) is 86.3 cm³/mol. The molecule has 3 heterocycles. The van der Waals surface area contributed by atoms with Gasteiger partial charge in [-0.3, -0.25) is 9.59 Å². The lowest BCUT2D eigenvalue weighted by Crippen LogP contribution is -2.28. The van der Waals surface area contributed by atoms with Gasteiger partial charge in [0.15, 0.2) is 11.5 Å². The first-order valence-corrected chi connectivity index (χ1v) is 8.23. The maximum Gasteiger partial charge on any atom is 0.231 e. The zero-order valence-electron chi connectivity index (χ0n) is 12.8. The van der Waals surface area contributed by atoms with E-state index >= 15 is 0 Å². The fraction of sp³-hybridized carbons (Fsp3) is 0.333. The van der Waals surface area contributed by atoms with Gasteiger partial charge in [0.05, 0.1) is 5.92 Å². The van der Waals surface area contributed by atoms with Crippen molar-refractivity contribution < 1.29 is 19.1 Å². The van der Waals surface area contributed by atoms with Crippen LogP contribution in [0.15, 0.2) is 18.2 Å². The quantitative estimate of drug-likeness (QED) is 0.907. The molecule has 4 rings (SSSR count). The van der Waals surface area contributed by atoms with Crippen molar-refractivity contribution in [3.8, 4) is 11.5 Å². The first-order valence-electron chi connectivity index (χ1n) is 7.41. The summed E-state index contributed by atoms with van der Waals surface area (Å²) >= 11 is 1.30. The first kappa shape index (κ1) is 14.9. The number of anilines is 2. The second kappa shape index (κ2) is 5.75. The number of carbonyl (C=O) groups is 2. The molecule has 0 radical (unpaired) electrons. The van der Waals surface area contributed by atoms with E-state index < -0.39 is 5.92 Å².